The minimum Gasteiger partial charge on any atom is -0.451 e. The third-order valence-corrected chi connectivity index (χ3v) is 2.94. The monoisotopic (exact) mass is 274 g/mol. The second-order valence-electron chi connectivity index (χ2n) is 4.25. The Bertz CT molecular complexity index is 483. The molecule has 0 spiro atoms. The maximum absolute atomic E-state index is 11.7. The second-order valence-corrected chi connectivity index (χ2v) is 4.91. The molecular weight excluding hydrogens is 260 g/mol. The van der Waals surface area contributed by atoms with Crippen LogP contribution in [0.2, 0.25) is 0 Å². The van der Waals surface area contributed by atoms with E-state index in [1.54, 1.807) is 6.92 Å². The van der Waals surface area contributed by atoms with Crippen molar-refractivity contribution in [3.8, 4) is 0 Å². The number of ether oxygens (including phenoxy) is 1. The van der Waals surface area contributed by atoms with Crippen molar-refractivity contribution in [3.05, 3.63) is 71.8 Å². The fraction of sp³-hybridized carbons (Fsp3) is 0.188. The lowest BCUT2D eigenvalue weighted by molar-refractivity contribution is -0.146. The molecule has 0 heterocycles. The molecular formula is C16H15ClO2. The highest BCUT2D eigenvalue weighted by Gasteiger charge is 2.21. The number of benzene rings is 2. The predicted molar refractivity (Wildman–Crippen MR) is 76.1 cm³/mol. The van der Waals surface area contributed by atoms with E-state index in [-0.39, 0.29) is 0 Å². The molecule has 0 aliphatic heterocycles. The fourth-order valence-corrected chi connectivity index (χ4v) is 1.85. The van der Waals surface area contributed by atoms with Crippen LogP contribution in [0.15, 0.2) is 60.7 Å². The van der Waals surface area contributed by atoms with Crippen molar-refractivity contribution in [3.63, 3.8) is 0 Å². The van der Waals surface area contributed by atoms with E-state index in [0.717, 1.165) is 11.1 Å². The molecule has 0 saturated carbocycles. The Balaban J connectivity index is 2.32. The molecule has 3 heteroatoms. The molecule has 0 aliphatic carbocycles. The summed E-state index contributed by atoms with van der Waals surface area (Å²) in [4.78, 5) is 11.7. The molecule has 0 amide bonds. The summed E-state index contributed by atoms with van der Waals surface area (Å²) in [6.45, 7) is 1.61. The van der Waals surface area contributed by atoms with E-state index in [0.29, 0.717) is 0 Å². The lowest BCUT2D eigenvalue weighted by Gasteiger charge is -2.19. The molecule has 0 bridgehead atoms. The molecule has 0 aromatic heterocycles. The molecule has 98 valence electrons. The highest BCUT2D eigenvalue weighted by atomic mass is 35.5. The van der Waals surface area contributed by atoms with E-state index in [9.17, 15) is 4.79 Å². The van der Waals surface area contributed by atoms with Crippen LogP contribution < -0.4 is 0 Å². The summed E-state index contributed by atoms with van der Waals surface area (Å²) in [5, 5.41) is -0.657. The van der Waals surface area contributed by atoms with Gasteiger partial charge in [0.05, 0.1) is 0 Å². The molecule has 0 aliphatic rings. The average Bonchev–Trinajstić information content (AvgIpc) is 2.46. The minimum absolute atomic E-state index is 0.417. The van der Waals surface area contributed by atoms with Crippen LogP contribution in [0.25, 0.3) is 0 Å². The summed E-state index contributed by atoms with van der Waals surface area (Å²) < 4.78 is 5.51. The van der Waals surface area contributed by atoms with Gasteiger partial charge in [0, 0.05) is 0 Å². The maximum atomic E-state index is 11.7. The number of halogens is 1. The smallest absolute Gasteiger partial charge is 0.324 e. The quantitative estimate of drug-likeness (QED) is 0.623. The van der Waals surface area contributed by atoms with Crippen LogP contribution in [-0.2, 0) is 9.53 Å². The van der Waals surface area contributed by atoms with E-state index in [4.69, 9.17) is 16.3 Å². The van der Waals surface area contributed by atoms with Crippen molar-refractivity contribution in [2.24, 2.45) is 0 Å². The SMILES string of the molecule is CC(Cl)C(=O)OC(c1ccccc1)c1ccccc1. The van der Waals surface area contributed by atoms with Gasteiger partial charge in [-0.25, -0.2) is 0 Å². The van der Waals surface area contributed by atoms with Crippen LogP contribution in [0.3, 0.4) is 0 Å². The molecule has 1 atom stereocenters. The van der Waals surface area contributed by atoms with Crippen molar-refractivity contribution in [1.82, 2.24) is 0 Å². The largest absolute Gasteiger partial charge is 0.451 e. The second kappa shape index (κ2) is 6.39. The normalized spacial score (nSPS) is 12.2. The van der Waals surface area contributed by atoms with Crippen molar-refractivity contribution < 1.29 is 9.53 Å². The van der Waals surface area contributed by atoms with Crippen molar-refractivity contribution in [2.75, 3.05) is 0 Å². The van der Waals surface area contributed by atoms with Crippen LogP contribution in [-0.4, -0.2) is 11.3 Å². The van der Waals surface area contributed by atoms with Gasteiger partial charge in [-0.1, -0.05) is 60.7 Å². The summed E-state index contributed by atoms with van der Waals surface area (Å²) in [6.07, 6.45) is -0.420. The van der Waals surface area contributed by atoms with Gasteiger partial charge in [0.15, 0.2) is 6.10 Å². The van der Waals surface area contributed by atoms with Crippen molar-refractivity contribution in [2.45, 2.75) is 18.4 Å². The third kappa shape index (κ3) is 3.58. The summed E-state index contributed by atoms with van der Waals surface area (Å²) in [5.41, 5.74) is 1.86. The summed E-state index contributed by atoms with van der Waals surface area (Å²) in [6, 6.07) is 19.3. The highest BCUT2D eigenvalue weighted by Crippen LogP contribution is 2.26. The summed E-state index contributed by atoms with van der Waals surface area (Å²) >= 11 is 5.77. The van der Waals surface area contributed by atoms with Gasteiger partial charge in [-0.05, 0) is 18.1 Å². The Labute approximate surface area is 118 Å². The first-order valence-electron chi connectivity index (χ1n) is 6.13. The molecule has 2 rings (SSSR count). The number of carbonyl (C=O) groups is 1. The first kappa shape index (κ1) is 13.6. The molecule has 2 nitrogen and oxygen atoms in total. The first-order valence-corrected chi connectivity index (χ1v) is 6.56. The number of alkyl halides is 1. The number of esters is 1. The van der Waals surface area contributed by atoms with E-state index in [1.165, 1.54) is 0 Å². The van der Waals surface area contributed by atoms with E-state index < -0.39 is 17.5 Å². The third-order valence-electron chi connectivity index (χ3n) is 2.76. The van der Waals surface area contributed by atoms with Crippen LogP contribution in [0, 0.1) is 0 Å². The maximum Gasteiger partial charge on any atom is 0.324 e. The average molecular weight is 275 g/mol. The molecule has 1 unspecified atom stereocenters. The zero-order chi connectivity index (χ0) is 13.7. The van der Waals surface area contributed by atoms with Gasteiger partial charge in [0.2, 0.25) is 0 Å². The lowest BCUT2D eigenvalue weighted by Crippen LogP contribution is -2.19. The van der Waals surface area contributed by atoms with Crippen LogP contribution in [0.1, 0.15) is 24.2 Å². The van der Waals surface area contributed by atoms with Gasteiger partial charge in [-0.15, -0.1) is 11.6 Å². The Kier molecular flexibility index (Phi) is 4.58. The Morgan fingerprint density at radius 2 is 1.37 bits per heavy atom. The fourth-order valence-electron chi connectivity index (χ4n) is 1.79. The number of carbonyl (C=O) groups excluding carboxylic acids is 1. The Morgan fingerprint density at radius 1 is 0.947 bits per heavy atom. The van der Waals surface area contributed by atoms with Gasteiger partial charge < -0.3 is 4.74 Å². The topological polar surface area (TPSA) is 26.3 Å². The standard InChI is InChI=1S/C16H15ClO2/c1-12(17)16(18)19-15(13-8-4-2-5-9-13)14-10-6-3-7-11-14/h2-12,15H,1H3. The zero-order valence-electron chi connectivity index (χ0n) is 10.6. The Morgan fingerprint density at radius 3 is 1.74 bits per heavy atom. The predicted octanol–water partition coefficient (Wildman–Crippen LogP) is 3.95. The lowest BCUT2D eigenvalue weighted by atomic mass is 10.0. The molecule has 0 radical (unpaired) electrons. The highest BCUT2D eigenvalue weighted by molar-refractivity contribution is 6.29. The van der Waals surface area contributed by atoms with Gasteiger partial charge in [-0.2, -0.15) is 0 Å². The van der Waals surface area contributed by atoms with Gasteiger partial charge in [0.25, 0.3) is 0 Å². The molecule has 0 fully saturated rings. The minimum atomic E-state index is -0.657. The van der Waals surface area contributed by atoms with Gasteiger partial charge in [0.1, 0.15) is 5.38 Å². The number of rotatable bonds is 4. The van der Waals surface area contributed by atoms with Gasteiger partial charge >= 0.3 is 5.97 Å². The van der Waals surface area contributed by atoms with E-state index >= 15 is 0 Å². The molecule has 0 N–H and O–H groups in total. The molecule has 2 aromatic carbocycles. The number of hydrogen-bond donors (Lipinski definition) is 0. The zero-order valence-corrected chi connectivity index (χ0v) is 11.4. The summed E-state index contributed by atoms with van der Waals surface area (Å²) in [5.74, 6) is -0.417. The van der Waals surface area contributed by atoms with E-state index in [1.807, 2.05) is 60.7 Å². The molecule has 2 aromatic rings. The van der Waals surface area contributed by atoms with E-state index in [2.05, 4.69) is 0 Å². The van der Waals surface area contributed by atoms with Crippen molar-refractivity contribution >= 4 is 17.6 Å². The molecule has 19 heavy (non-hydrogen) atoms. The van der Waals surface area contributed by atoms with Gasteiger partial charge in [-0.3, -0.25) is 4.79 Å². The number of hydrogen-bond acceptors (Lipinski definition) is 2. The Hall–Kier alpha value is -1.80. The first-order chi connectivity index (χ1) is 9.18. The van der Waals surface area contributed by atoms with Crippen LogP contribution in [0.5, 0.6) is 0 Å². The summed E-state index contributed by atoms with van der Waals surface area (Å²) in [7, 11) is 0. The van der Waals surface area contributed by atoms with Crippen LogP contribution >= 0.6 is 11.6 Å². The van der Waals surface area contributed by atoms with Crippen molar-refractivity contribution in [1.29, 1.82) is 0 Å². The molecule has 0 saturated heterocycles. The van der Waals surface area contributed by atoms with Crippen LogP contribution in [0.4, 0.5) is 0 Å².